The molecule has 1 amide bonds. The van der Waals surface area contributed by atoms with Crippen LogP contribution in [0.1, 0.15) is 30.2 Å². The number of benzene rings is 1. The van der Waals surface area contributed by atoms with Crippen LogP contribution in [0.15, 0.2) is 52.2 Å². The fourth-order valence-electron chi connectivity index (χ4n) is 2.45. The number of carbonyl (C=O) groups is 1. The van der Waals surface area contributed by atoms with Crippen molar-refractivity contribution in [3.8, 4) is 0 Å². The Morgan fingerprint density at radius 2 is 2.09 bits per heavy atom. The van der Waals surface area contributed by atoms with E-state index in [4.69, 9.17) is 27.6 Å². The standard InChI is InChI=1S/C16H14Cl2N2O2/c17-8-7-16(21)20-14(15-2-1-9-22-15)10-13(19-20)11-3-5-12(18)6-4-11/h1-6,9,14H,7-8,10H2. The van der Waals surface area contributed by atoms with Gasteiger partial charge in [0, 0.05) is 23.7 Å². The maximum Gasteiger partial charge on any atom is 0.244 e. The van der Waals surface area contributed by atoms with Crippen molar-refractivity contribution in [1.29, 1.82) is 0 Å². The minimum Gasteiger partial charge on any atom is -0.467 e. The molecule has 0 bridgehead atoms. The molecule has 4 nitrogen and oxygen atoms in total. The van der Waals surface area contributed by atoms with E-state index < -0.39 is 0 Å². The van der Waals surface area contributed by atoms with Crippen LogP contribution in [0.25, 0.3) is 0 Å². The second kappa shape index (κ2) is 6.55. The number of rotatable bonds is 4. The van der Waals surface area contributed by atoms with Crippen LogP contribution in [-0.4, -0.2) is 22.5 Å². The highest BCUT2D eigenvalue weighted by Crippen LogP contribution is 2.33. The van der Waals surface area contributed by atoms with Gasteiger partial charge in [-0.2, -0.15) is 5.10 Å². The molecule has 0 radical (unpaired) electrons. The summed E-state index contributed by atoms with van der Waals surface area (Å²) in [4.78, 5) is 12.3. The molecule has 6 heteroatoms. The third-order valence-electron chi connectivity index (χ3n) is 3.52. The molecule has 0 aliphatic carbocycles. The van der Waals surface area contributed by atoms with Gasteiger partial charge in [-0.05, 0) is 29.8 Å². The Bertz CT molecular complexity index is 681. The van der Waals surface area contributed by atoms with Crippen LogP contribution in [0.5, 0.6) is 0 Å². The molecule has 1 aliphatic rings. The fraction of sp³-hybridized carbons (Fsp3) is 0.250. The van der Waals surface area contributed by atoms with Crippen molar-refractivity contribution in [2.45, 2.75) is 18.9 Å². The zero-order chi connectivity index (χ0) is 15.5. The van der Waals surface area contributed by atoms with Gasteiger partial charge < -0.3 is 4.42 Å². The van der Waals surface area contributed by atoms with Crippen molar-refractivity contribution in [3.63, 3.8) is 0 Å². The van der Waals surface area contributed by atoms with Gasteiger partial charge in [-0.3, -0.25) is 4.79 Å². The molecule has 0 saturated heterocycles. The number of halogens is 2. The highest BCUT2D eigenvalue weighted by atomic mass is 35.5. The topological polar surface area (TPSA) is 45.8 Å². The predicted molar refractivity (Wildman–Crippen MR) is 86.2 cm³/mol. The molecule has 1 unspecified atom stereocenters. The second-order valence-corrected chi connectivity index (χ2v) is 5.78. The lowest BCUT2D eigenvalue weighted by Gasteiger charge is -2.19. The first-order chi connectivity index (χ1) is 10.7. The van der Waals surface area contributed by atoms with E-state index in [1.165, 1.54) is 5.01 Å². The summed E-state index contributed by atoms with van der Waals surface area (Å²) >= 11 is 11.6. The number of hydrazone groups is 1. The van der Waals surface area contributed by atoms with Gasteiger partial charge in [-0.25, -0.2) is 5.01 Å². The molecule has 1 aromatic heterocycles. The van der Waals surface area contributed by atoms with Crippen LogP contribution < -0.4 is 0 Å². The molecule has 0 saturated carbocycles. The Kier molecular flexibility index (Phi) is 4.50. The van der Waals surface area contributed by atoms with Crippen molar-refractivity contribution in [2.75, 3.05) is 5.88 Å². The van der Waals surface area contributed by atoms with Crippen LogP contribution >= 0.6 is 23.2 Å². The lowest BCUT2D eigenvalue weighted by molar-refractivity contribution is -0.132. The molecule has 0 fully saturated rings. The van der Waals surface area contributed by atoms with Crippen LogP contribution in [0, 0.1) is 0 Å². The summed E-state index contributed by atoms with van der Waals surface area (Å²) in [6.07, 6.45) is 2.44. The number of amides is 1. The van der Waals surface area contributed by atoms with Gasteiger partial charge in [0.25, 0.3) is 0 Å². The predicted octanol–water partition coefficient (Wildman–Crippen LogP) is 4.24. The summed E-state index contributed by atoms with van der Waals surface area (Å²) in [5.74, 6) is 0.877. The van der Waals surface area contributed by atoms with E-state index in [0.29, 0.717) is 11.4 Å². The molecule has 0 spiro atoms. The molecular weight excluding hydrogens is 323 g/mol. The van der Waals surface area contributed by atoms with E-state index in [0.717, 1.165) is 17.0 Å². The Labute approximate surface area is 138 Å². The van der Waals surface area contributed by atoms with Gasteiger partial charge in [0.1, 0.15) is 11.8 Å². The highest BCUT2D eigenvalue weighted by molar-refractivity contribution is 6.30. The fourth-order valence-corrected chi connectivity index (χ4v) is 2.74. The normalized spacial score (nSPS) is 17.6. The van der Waals surface area contributed by atoms with Crippen molar-refractivity contribution in [1.82, 2.24) is 5.01 Å². The Morgan fingerprint density at radius 1 is 1.32 bits per heavy atom. The first-order valence-corrected chi connectivity index (χ1v) is 7.85. The minimum absolute atomic E-state index is 0.111. The number of alkyl halides is 1. The molecule has 22 heavy (non-hydrogen) atoms. The monoisotopic (exact) mass is 336 g/mol. The molecule has 3 rings (SSSR count). The number of carbonyl (C=O) groups excluding carboxylic acids is 1. The van der Waals surface area contributed by atoms with Crippen LogP contribution in [0.4, 0.5) is 0 Å². The summed E-state index contributed by atoms with van der Waals surface area (Å²) in [6.45, 7) is 0. The second-order valence-electron chi connectivity index (χ2n) is 4.97. The van der Waals surface area contributed by atoms with E-state index in [1.54, 1.807) is 12.3 Å². The summed E-state index contributed by atoms with van der Waals surface area (Å²) in [7, 11) is 0. The SMILES string of the molecule is O=C(CCCl)N1N=C(c2ccc(Cl)cc2)CC1c1ccco1. The van der Waals surface area contributed by atoms with Gasteiger partial charge in [-0.15, -0.1) is 11.6 Å². The number of hydrogen-bond acceptors (Lipinski definition) is 3. The Morgan fingerprint density at radius 3 is 2.73 bits per heavy atom. The maximum atomic E-state index is 12.3. The number of nitrogens with zero attached hydrogens (tertiary/aromatic N) is 2. The van der Waals surface area contributed by atoms with Crippen LogP contribution in [-0.2, 0) is 4.79 Å². The van der Waals surface area contributed by atoms with Crippen molar-refractivity contribution in [2.24, 2.45) is 5.10 Å². The van der Waals surface area contributed by atoms with Gasteiger partial charge in [-0.1, -0.05) is 23.7 Å². The largest absolute Gasteiger partial charge is 0.467 e. The first kappa shape index (κ1) is 15.1. The average molecular weight is 337 g/mol. The van der Waals surface area contributed by atoms with E-state index in [2.05, 4.69) is 5.10 Å². The Hall–Kier alpha value is -1.78. The minimum atomic E-state index is -0.226. The lowest BCUT2D eigenvalue weighted by atomic mass is 10.0. The first-order valence-electron chi connectivity index (χ1n) is 6.94. The molecule has 1 atom stereocenters. The molecular formula is C16H14Cl2N2O2. The van der Waals surface area contributed by atoms with Gasteiger partial charge >= 0.3 is 0 Å². The third-order valence-corrected chi connectivity index (χ3v) is 3.96. The molecule has 0 N–H and O–H groups in total. The number of furan rings is 1. The van der Waals surface area contributed by atoms with Crippen molar-refractivity contribution < 1.29 is 9.21 Å². The van der Waals surface area contributed by atoms with Crippen LogP contribution in [0.2, 0.25) is 5.02 Å². The highest BCUT2D eigenvalue weighted by Gasteiger charge is 2.34. The molecule has 2 aromatic rings. The van der Waals surface area contributed by atoms with Crippen molar-refractivity contribution in [3.05, 3.63) is 59.0 Å². The van der Waals surface area contributed by atoms with Crippen molar-refractivity contribution >= 4 is 34.8 Å². The van der Waals surface area contributed by atoms with Gasteiger partial charge in [0.05, 0.1) is 12.0 Å². The summed E-state index contributed by atoms with van der Waals surface area (Å²) < 4.78 is 5.46. The average Bonchev–Trinajstić information content (AvgIpc) is 3.17. The quantitative estimate of drug-likeness (QED) is 0.784. The molecule has 1 aliphatic heterocycles. The van der Waals surface area contributed by atoms with E-state index in [9.17, 15) is 4.79 Å². The van der Waals surface area contributed by atoms with Crippen LogP contribution in [0.3, 0.4) is 0 Å². The molecule has 114 valence electrons. The summed E-state index contributed by atoms with van der Waals surface area (Å²) in [5.41, 5.74) is 1.78. The number of hydrogen-bond donors (Lipinski definition) is 0. The lowest BCUT2D eigenvalue weighted by Crippen LogP contribution is -2.26. The van der Waals surface area contributed by atoms with Gasteiger partial charge in [0.2, 0.25) is 5.91 Å². The van der Waals surface area contributed by atoms with Gasteiger partial charge in [0.15, 0.2) is 0 Å². The molecule has 2 heterocycles. The van der Waals surface area contributed by atoms with E-state index >= 15 is 0 Å². The third kappa shape index (κ3) is 3.03. The zero-order valence-electron chi connectivity index (χ0n) is 11.7. The maximum absolute atomic E-state index is 12.3. The Balaban J connectivity index is 1.91. The zero-order valence-corrected chi connectivity index (χ0v) is 13.2. The summed E-state index contributed by atoms with van der Waals surface area (Å²) in [5, 5.41) is 6.63. The van der Waals surface area contributed by atoms with E-state index in [-0.39, 0.29) is 24.2 Å². The molecule has 1 aromatic carbocycles. The van der Waals surface area contributed by atoms with E-state index in [1.807, 2.05) is 30.3 Å². The summed E-state index contributed by atoms with van der Waals surface area (Å²) in [6, 6.07) is 10.9. The smallest absolute Gasteiger partial charge is 0.244 e.